The number of ketones is 2. The van der Waals surface area contributed by atoms with Gasteiger partial charge in [0.1, 0.15) is 5.75 Å². The number of phenols is 1. The minimum Gasteiger partial charge on any atom is -0.507 e. The van der Waals surface area contributed by atoms with Gasteiger partial charge in [0, 0.05) is 22.3 Å². The fourth-order valence-corrected chi connectivity index (χ4v) is 2.13. The van der Waals surface area contributed by atoms with E-state index < -0.39 is 5.97 Å². The summed E-state index contributed by atoms with van der Waals surface area (Å²) in [6, 6.07) is 11.2. The SMILES string of the molecule is C=C(C)C(=O)O.O=C1c2ccccc2C(=O)c2c(O)cccc21. The zero-order valence-electron chi connectivity index (χ0n) is 12.4. The number of benzene rings is 2. The quantitative estimate of drug-likeness (QED) is 0.674. The minimum atomic E-state index is -0.935. The van der Waals surface area contributed by atoms with Crippen LogP contribution >= 0.6 is 0 Å². The molecule has 0 saturated heterocycles. The summed E-state index contributed by atoms with van der Waals surface area (Å²) in [7, 11) is 0. The van der Waals surface area contributed by atoms with Crippen molar-refractivity contribution in [2.45, 2.75) is 6.92 Å². The number of aromatic hydroxyl groups is 1. The van der Waals surface area contributed by atoms with E-state index in [9.17, 15) is 19.5 Å². The fourth-order valence-electron chi connectivity index (χ4n) is 2.13. The first-order valence-electron chi connectivity index (χ1n) is 6.73. The van der Waals surface area contributed by atoms with E-state index in [1.54, 1.807) is 36.4 Å². The Hall–Kier alpha value is -3.21. The highest BCUT2D eigenvalue weighted by atomic mass is 16.4. The summed E-state index contributed by atoms with van der Waals surface area (Å²) in [5, 5.41) is 17.6. The lowest BCUT2D eigenvalue weighted by Gasteiger charge is -2.17. The maximum atomic E-state index is 12.2. The van der Waals surface area contributed by atoms with E-state index >= 15 is 0 Å². The van der Waals surface area contributed by atoms with Crippen molar-refractivity contribution < 1.29 is 24.6 Å². The third-order valence-corrected chi connectivity index (χ3v) is 3.30. The Bertz CT molecular complexity index is 821. The second-order valence-corrected chi connectivity index (χ2v) is 4.99. The average Bonchev–Trinajstić information content (AvgIpc) is 2.53. The first-order valence-corrected chi connectivity index (χ1v) is 6.73. The van der Waals surface area contributed by atoms with Gasteiger partial charge >= 0.3 is 5.97 Å². The number of carboxylic acids is 1. The van der Waals surface area contributed by atoms with Crippen LogP contribution in [0.2, 0.25) is 0 Å². The van der Waals surface area contributed by atoms with Gasteiger partial charge in [-0.2, -0.15) is 0 Å². The van der Waals surface area contributed by atoms with Gasteiger partial charge < -0.3 is 10.2 Å². The van der Waals surface area contributed by atoms with Gasteiger partial charge in [0.15, 0.2) is 11.6 Å². The first kappa shape index (κ1) is 16.2. The highest BCUT2D eigenvalue weighted by Gasteiger charge is 2.31. The van der Waals surface area contributed by atoms with E-state index in [1.807, 2.05) is 0 Å². The number of carbonyl (C=O) groups is 3. The standard InChI is InChI=1S/C14H8O3.C4H6O2/c15-11-7-3-6-10-12(11)14(17)9-5-2-1-4-8(9)13(10)16;1-3(2)4(5)6/h1-7,15H;1H2,2H3,(H,5,6). The topological polar surface area (TPSA) is 91.7 Å². The highest BCUT2D eigenvalue weighted by Crippen LogP contribution is 2.32. The molecule has 3 rings (SSSR count). The van der Waals surface area contributed by atoms with Crippen molar-refractivity contribution in [3.05, 3.63) is 76.9 Å². The largest absolute Gasteiger partial charge is 0.507 e. The second-order valence-electron chi connectivity index (χ2n) is 4.99. The summed E-state index contributed by atoms with van der Waals surface area (Å²) in [6.45, 7) is 4.60. The molecule has 2 aromatic rings. The van der Waals surface area contributed by atoms with Crippen LogP contribution in [0.5, 0.6) is 5.75 Å². The van der Waals surface area contributed by atoms with Gasteiger partial charge in [0.2, 0.25) is 0 Å². The smallest absolute Gasteiger partial charge is 0.330 e. The molecule has 0 saturated carbocycles. The van der Waals surface area contributed by atoms with Gasteiger partial charge in [-0.05, 0) is 13.0 Å². The molecule has 23 heavy (non-hydrogen) atoms. The maximum Gasteiger partial charge on any atom is 0.330 e. The van der Waals surface area contributed by atoms with E-state index in [2.05, 4.69) is 6.58 Å². The number of carbonyl (C=O) groups excluding carboxylic acids is 2. The van der Waals surface area contributed by atoms with Crippen LogP contribution in [0.3, 0.4) is 0 Å². The number of hydrogen-bond donors (Lipinski definition) is 2. The van der Waals surface area contributed by atoms with Crippen molar-refractivity contribution in [1.29, 1.82) is 0 Å². The number of rotatable bonds is 1. The third-order valence-electron chi connectivity index (χ3n) is 3.30. The Morgan fingerprint density at radius 1 is 0.913 bits per heavy atom. The monoisotopic (exact) mass is 310 g/mol. The van der Waals surface area contributed by atoms with Crippen molar-refractivity contribution >= 4 is 17.5 Å². The first-order chi connectivity index (χ1) is 10.8. The maximum absolute atomic E-state index is 12.2. The van der Waals surface area contributed by atoms with E-state index in [-0.39, 0.29) is 34.0 Å². The molecule has 0 atom stereocenters. The summed E-state index contributed by atoms with van der Waals surface area (Å²) in [5.41, 5.74) is 1.31. The summed E-state index contributed by atoms with van der Waals surface area (Å²) in [6.07, 6.45) is 0. The van der Waals surface area contributed by atoms with Gasteiger partial charge in [-0.15, -0.1) is 0 Å². The molecule has 0 fully saturated rings. The van der Waals surface area contributed by atoms with Crippen LogP contribution in [-0.4, -0.2) is 27.7 Å². The molecule has 0 radical (unpaired) electrons. The van der Waals surface area contributed by atoms with Gasteiger partial charge in [-0.3, -0.25) is 9.59 Å². The zero-order chi connectivity index (χ0) is 17.1. The molecule has 0 unspecified atom stereocenters. The minimum absolute atomic E-state index is 0.108. The Balaban J connectivity index is 0.000000277. The molecular weight excluding hydrogens is 296 g/mol. The van der Waals surface area contributed by atoms with Crippen molar-refractivity contribution in [3.63, 3.8) is 0 Å². The highest BCUT2D eigenvalue weighted by molar-refractivity contribution is 6.29. The van der Waals surface area contributed by atoms with E-state index in [0.717, 1.165) is 0 Å². The van der Waals surface area contributed by atoms with Gasteiger partial charge in [-0.25, -0.2) is 4.79 Å². The van der Waals surface area contributed by atoms with Crippen LogP contribution in [0.15, 0.2) is 54.6 Å². The Morgan fingerprint density at radius 2 is 1.39 bits per heavy atom. The number of fused-ring (bicyclic) bond motifs is 2. The second kappa shape index (κ2) is 6.27. The fraction of sp³-hybridized carbons (Fsp3) is 0.0556. The lowest BCUT2D eigenvalue weighted by molar-refractivity contribution is -0.132. The molecule has 5 nitrogen and oxygen atoms in total. The lowest BCUT2D eigenvalue weighted by atomic mass is 9.84. The van der Waals surface area contributed by atoms with E-state index in [4.69, 9.17) is 5.11 Å². The summed E-state index contributed by atoms with van der Waals surface area (Å²) in [5.74, 6) is -1.59. The van der Waals surface area contributed by atoms with Crippen molar-refractivity contribution in [3.8, 4) is 5.75 Å². The van der Waals surface area contributed by atoms with Crippen LogP contribution in [0.25, 0.3) is 0 Å². The van der Waals surface area contributed by atoms with Gasteiger partial charge in [0.05, 0.1) is 5.56 Å². The Morgan fingerprint density at radius 3 is 1.91 bits per heavy atom. The molecule has 1 aliphatic carbocycles. The van der Waals surface area contributed by atoms with Crippen molar-refractivity contribution in [2.75, 3.05) is 0 Å². The molecule has 0 spiro atoms. The predicted molar refractivity (Wildman–Crippen MR) is 83.9 cm³/mol. The Labute approximate surface area is 132 Å². The summed E-state index contributed by atoms with van der Waals surface area (Å²) >= 11 is 0. The zero-order valence-corrected chi connectivity index (χ0v) is 12.4. The summed E-state index contributed by atoms with van der Waals surface area (Å²) < 4.78 is 0. The van der Waals surface area contributed by atoms with Crippen LogP contribution in [0.1, 0.15) is 38.8 Å². The number of carboxylic acid groups (broad SMARTS) is 1. The Kier molecular flexibility index (Phi) is 4.41. The van der Waals surface area contributed by atoms with E-state index in [1.165, 1.54) is 13.0 Å². The molecule has 0 heterocycles. The third kappa shape index (κ3) is 3.03. The van der Waals surface area contributed by atoms with Crippen LogP contribution in [0, 0.1) is 0 Å². The van der Waals surface area contributed by atoms with Crippen LogP contribution in [-0.2, 0) is 4.79 Å². The molecule has 2 aromatic carbocycles. The molecular formula is C18H14O5. The number of phenolic OH excluding ortho intramolecular Hbond substituents is 1. The van der Waals surface area contributed by atoms with E-state index in [0.29, 0.717) is 11.1 Å². The molecule has 0 amide bonds. The van der Waals surface area contributed by atoms with Crippen LogP contribution < -0.4 is 0 Å². The molecule has 1 aliphatic rings. The molecule has 0 aliphatic heterocycles. The van der Waals surface area contributed by atoms with Gasteiger partial charge in [-0.1, -0.05) is 43.0 Å². The lowest BCUT2D eigenvalue weighted by Crippen LogP contribution is -2.20. The number of aliphatic carboxylic acids is 1. The average molecular weight is 310 g/mol. The van der Waals surface area contributed by atoms with Crippen molar-refractivity contribution in [1.82, 2.24) is 0 Å². The molecule has 2 N–H and O–H groups in total. The van der Waals surface area contributed by atoms with Crippen molar-refractivity contribution in [2.24, 2.45) is 0 Å². The molecule has 0 aromatic heterocycles. The molecule has 0 bridgehead atoms. The van der Waals surface area contributed by atoms with Crippen LogP contribution in [0.4, 0.5) is 0 Å². The van der Waals surface area contributed by atoms with Gasteiger partial charge in [0.25, 0.3) is 0 Å². The molecule has 5 heteroatoms. The summed E-state index contributed by atoms with van der Waals surface area (Å²) in [4.78, 5) is 33.9. The number of hydrogen-bond acceptors (Lipinski definition) is 4. The molecule has 116 valence electrons. The normalized spacial score (nSPS) is 11.7. The predicted octanol–water partition coefficient (Wildman–Crippen LogP) is 2.81.